The fourth-order valence-electron chi connectivity index (χ4n) is 1.89. The van der Waals surface area contributed by atoms with E-state index >= 15 is 0 Å². The number of nitrogens with one attached hydrogen (secondary N) is 1. The Morgan fingerprint density at radius 3 is 2.43 bits per heavy atom. The summed E-state index contributed by atoms with van der Waals surface area (Å²) in [5.74, 6) is 0.516. The Kier molecular flexibility index (Phi) is 5.76. The normalized spacial score (nSPS) is 10.9. The monoisotopic (exact) mass is 351 g/mol. The van der Waals surface area contributed by atoms with Crippen LogP contribution in [0.3, 0.4) is 0 Å². The molecule has 0 fully saturated rings. The van der Waals surface area contributed by atoms with Crippen molar-refractivity contribution in [2.45, 2.75) is 33.0 Å². The molecule has 0 bridgehead atoms. The summed E-state index contributed by atoms with van der Waals surface area (Å²) in [5.41, 5.74) is 2.01. The first-order chi connectivity index (χ1) is 10.0. The van der Waals surface area contributed by atoms with Crippen LogP contribution in [0.25, 0.3) is 0 Å². The van der Waals surface area contributed by atoms with Crippen LogP contribution in [-0.4, -0.2) is 6.04 Å². The predicted octanol–water partition coefficient (Wildman–Crippen LogP) is 4.67. The molecular formula is C17H19BrFNO. The van der Waals surface area contributed by atoms with Gasteiger partial charge >= 0.3 is 0 Å². The van der Waals surface area contributed by atoms with Crippen LogP contribution in [0.4, 0.5) is 4.39 Å². The van der Waals surface area contributed by atoms with Crippen LogP contribution in [0.2, 0.25) is 0 Å². The van der Waals surface area contributed by atoms with Gasteiger partial charge in [0.1, 0.15) is 18.2 Å². The summed E-state index contributed by atoms with van der Waals surface area (Å²) in [5, 5.41) is 3.36. The Balaban J connectivity index is 1.91. The van der Waals surface area contributed by atoms with E-state index < -0.39 is 0 Å². The Hall–Kier alpha value is -1.39. The van der Waals surface area contributed by atoms with Gasteiger partial charge in [-0.15, -0.1) is 0 Å². The van der Waals surface area contributed by atoms with E-state index in [9.17, 15) is 4.39 Å². The Bertz CT molecular complexity index is 564. The molecular weight excluding hydrogens is 333 g/mol. The topological polar surface area (TPSA) is 21.3 Å². The van der Waals surface area contributed by atoms with Gasteiger partial charge in [-0.1, -0.05) is 41.9 Å². The molecule has 0 amide bonds. The summed E-state index contributed by atoms with van der Waals surface area (Å²) in [6.45, 7) is 5.43. The van der Waals surface area contributed by atoms with Crippen LogP contribution >= 0.6 is 15.9 Å². The van der Waals surface area contributed by atoms with Crippen molar-refractivity contribution in [3.63, 3.8) is 0 Å². The smallest absolute Gasteiger partial charge is 0.124 e. The van der Waals surface area contributed by atoms with Crippen molar-refractivity contribution < 1.29 is 9.13 Å². The quantitative estimate of drug-likeness (QED) is 0.816. The number of halogens is 2. The molecule has 2 nitrogen and oxygen atoms in total. The van der Waals surface area contributed by atoms with Gasteiger partial charge in [0.15, 0.2) is 0 Å². The lowest BCUT2D eigenvalue weighted by atomic mass is 10.2. The van der Waals surface area contributed by atoms with Crippen molar-refractivity contribution in [2.75, 3.05) is 0 Å². The maximum atomic E-state index is 13.3. The zero-order chi connectivity index (χ0) is 15.2. The Morgan fingerprint density at radius 1 is 1.10 bits per heavy atom. The summed E-state index contributed by atoms with van der Waals surface area (Å²) >= 11 is 3.28. The van der Waals surface area contributed by atoms with E-state index in [0.29, 0.717) is 12.6 Å². The molecule has 112 valence electrons. The van der Waals surface area contributed by atoms with Gasteiger partial charge in [-0.25, -0.2) is 4.39 Å². The third-order valence-corrected chi connectivity index (χ3v) is 3.42. The second-order valence-electron chi connectivity index (χ2n) is 5.25. The SMILES string of the molecule is CC(C)NCc1ccc(OCc2cc(F)cc(Br)c2)cc1. The summed E-state index contributed by atoms with van der Waals surface area (Å²) in [6, 6.07) is 13.2. The Morgan fingerprint density at radius 2 is 1.81 bits per heavy atom. The zero-order valence-electron chi connectivity index (χ0n) is 12.2. The Labute approximate surface area is 133 Å². The summed E-state index contributed by atoms with van der Waals surface area (Å²) in [4.78, 5) is 0. The minimum atomic E-state index is -0.266. The molecule has 0 spiro atoms. The van der Waals surface area contributed by atoms with Gasteiger partial charge in [-0.3, -0.25) is 0 Å². The highest BCUT2D eigenvalue weighted by atomic mass is 79.9. The molecule has 2 aromatic rings. The highest BCUT2D eigenvalue weighted by Crippen LogP contribution is 2.18. The largest absolute Gasteiger partial charge is 0.489 e. The molecule has 1 N–H and O–H groups in total. The molecule has 0 atom stereocenters. The molecule has 0 aliphatic carbocycles. The van der Waals surface area contributed by atoms with Gasteiger partial charge < -0.3 is 10.1 Å². The van der Waals surface area contributed by atoms with E-state index in [4.69, 9.17) is 4.74 Å². The molecule has 0 aliphatic heterocycles. The first-order valence-electron chi connectivity index (χ1n) is 6.93. The van der Waals surface area contributed by atoms with E-state index in [0.717, 1.165) is 22.3 Å². The maximum Gasteiger partial charge on any atom is 0.124 e. The van der Waals surface area contributed by atoms with Crippen LogP contribution in [0.1, 0.15) is 25.0 Å². The third-order valence-electron chi connectivity index (χ3n) is 2.97. The average molecular weight is 352 g/mol. The van der Waals surface area contributed by atoms with Crippen molar-refractivity contribution in [3.8, 4) is 5.75 Å². The molecule has 0 heterocycles. The van der Waals surface area contributed by atoms with Crippen LogP contribution in [-0.2, 0) is 13.2 Å². The molecule has 0 aliphatic rings. The van der Waals surface area contributed by atoms with Gasteiger partial charge in [0.05, 0.1) is 0 Å². The van der Waals surface area contributed by atoms with Gasteiger partial charge in [-0.05, 0) is 41.5 Å². The standard InChI is InChI=1S/C17H19BrFNO/c1-12(2)20-10-13-3-5-17(6-4-13)21-11-14-7-15(18)9-16(19)8-14/h3-9,12,20H,10-11H2,1-2H3. The average Bonchev–Trinajstić information content (AvgIpc) is 2.43. The lowest BCUT2D eigenvalue weighted by molar-refractivity contribution is 0.305. The summed E-state index contributed by atoms with van der Waals surface area (Å²) in [6.07, 6.45) is 0. The number of ether oxygens (including phenoxy) is 1. The summed E-state index contributed by atoms with van der Waals surface area (Å²) < 4.78 is 19.7. The van der Waals surface area contributed by atoms with Crippen LogP contribution in [0.15, 0.2) is 46.9 Å². The van der Waals surface area contributed by atoms with Gasteiger partial charge in [0.25, 0.3) is 0 Å². The van der Waals surface area contributed by atoms with Crippen LogP contribution in [0, 0.1) is 5.82 Å². The van der Waals surface area contributed by atoms with Crippen molar-refractivity contribution >= 4 is 15.9 Å². The molecule has 0 aromatic heterocycles. The summed E-state index contributed by atoms with van der Waals surface area (Å²) in [7, 11) is 0. The number of hydrogen-bond acceptors (Lipinski definition) is 2. The first-order valence-corrected chi connectivity index (χ1v) is 7.72. The van der Waals surface area contributed by atoms with Crippen LogP contribution in [0.5, 0.6) is 5.75 Å². The zero-order valence-corrected chi connectivity index (χ0v) is 13.8. The predicted molar refractivity (Wildman–Crippen MR) is 86.8 cm³/mol. The van der Waals surface area contributed by atoms with E-state index in [-0.39, 0.29) is 5.82 Å². The van der Waals surface area contributed by atoms with Gasteiger partial charge in [0.2, 0.25) is 0 Å². The van der Waals surface area contributed by atoms with E-state index in [1.54, 1.807) is 0 Å². The number of rotatable bonds is 6. The minimum absolute atomic E-state index is 0.266. The van der Waals surface area contributed by atoms with Crippen LogP contribution < -0.4 is 10.1 Å². The highest BCUT2D eigenvalue weighted by molar-refractivity contribution is 9.10. The van der Waals surface area contributed by atoms with Crippen molar-refractivity contribution in [1.82, 2.24) is 5.32 Å². The lowest BCUT2D eigenvalue weighted by Crippen LogP contribution is -2.21. The van der Waals surface area contributed by atoms with Crippen molar-refractivity contribution in [1.29, 1.82) is 0 Å². The minimum Gasteiger partial charge on any atom is -0.489 e. The molecule has 2 aromatic carbocycles. The molecule has 0 saturated carbocycles. The van der Waals surface area contributed by atoms with Crippen molar-refractivity contribution in [2.24, 2.45) is 0 Å². The molecule has 0 unspecified atom stereocenters. The second-order valence-corrected chi connectivity index (χ2v) is 6.16. The fraction of sp³-hybridized carbons (Fsp3) is 0.294. The molecule has 21 heavy (non-hydrogen) atoms. The molecule has 2 rings (SSSR count). The first kappa shape index (κ1) is 16.0. The fourth-order valence-corrected chi connectivity index (χ4v) is 2.40. The number of benzene rings is 2. The third kappa shape index (κ3) is 5.48. The molecule has 4 heteroatoms. The number of hydrogen-bond donors (Lipinski definition) is 1. The van der Waals surface area contributed by atoms with E-state index in [1.165, 1.54) is 17.7 Å². The van der Waals surface area contributed by atoms with Crippen molar-refractivity contribution in [3.05, 3.63) is 63.9 Å². The highest BCUT2D eigenvalue weighted by Gasteiger charge is 2.01. The second kappa shape index (κ2) is 7.57. The lowest BCUT2D eigenvalue weighted by Gasteiger charge is -2.10. The van der Waals surface area contributed by atoms with E-state index in [2.05, 4.69) is 35.1 Å². The molecule has 0 radical (unpaired) electrons. The molecule has 0 saturated heterocycles. The van der Waals surface area contributed by atoms with Gasteiger partial charge in [-0.2, -0.15) is 0 Å². The van der Waals surface area contributed by atoms with E-state index in [1.807, 2.05) is 30.3 Å². The van der Waals surface area contributed by atoms with Gasteiger partial charge in [0, 0.05) is 17.1 Å². The maximum absolute atomic E-state index is 13.3.